The number of fused-ring (bicyclic) bond motifs is 4. The Morgan fingerprint density at radius 2 is 1.65 bits per heavy atom. The molecule has 0 radical (unpaired) electrons. The minimum Gasteiger partial charge on any atom is -0.481 e. The van der Waals surface area contributed by atoms with Gasteiger partial charge in [0.05, 0.1) is 17.1 Å². The van der Waals surface area contributed by atoms with Crippen LogP contribution < -0.4 is 0 Å². The summed E-state index contributed by atoms with van der Waals surface area (Å²) >= 11 is 0. The van der Waals surface area contributed by atoms with Crippen LogP contribution in [0.1, 0.15) is 99.3 Å². The van der Waals surface area contributed by atoms with Crippen molar-refractivity contribution in [1.29, 1.82) is 0 Å². The number of aliphatic hydroxyl groups excluding tert-OH is 1. The summed E-state index contributed by atoms with van der Waals surface area (Å²) in [5.41, 5.74) is -1.68. The van der Waals surface area contributed by atoms with Gasteiger partial charge in [-0.2, -0.15) is 0 Å². The SMILES string of the molecule is CC1CCC2(C(=O)O)CCC34CC3(C=CC3C5(C)CCC(O)C(C)(C)C5CCC34C)C2C1(C)O. The zero-order chi connectivity index (χ0) is 24.7. The second-order valence-electron chi connectivity index (χ2n) is 15.1. The largest absolute Gasteiger partial charge is 0.481 e. The van der Waals surface area contributed by atoms with Gasteiger partial charge in [-0.3, -0.25) is 4.79 Å². The molecule has 11 atom stereocenters. The first-order valence-corrected chi connectivity index (χ1v) is 14.0. The molecule has 4 nitrogen and oxygen atoms in total. The van der Waals surface area contributed by atoms with Gasteiger partial charge in [-0.1, -0.05) is 46.8 Å². The first-order chi connectivity index (χ1) is 15.7. The van der Waals surface area contributed by atoms with Crippen LogP contribution >= 0.6 is 0 Å². The van der Waals surface area contributed by atoms with Crippen LogP contribution in [0.2, 0.25) is 0 Å². The quantitative estimate of drug-likeness (QED) is 0.422. The molecule has 0 aromatic carbocycles. The smallest absolute Gasteiger partial charge is 0.310 e. The molecular weight excluding hydrogens is 424 g/mol. The molecule has 0 aliphatic heterocycles. The monoisotopic (exact) mass is 470 g/mol. The van der Waals surface area contributed by atoms with E-state index < -0.39 is 17.0 Å². The summed E-state index contributed by atoms with van der Waals surface area (Å²) in [5, 5.41) is 33.4. The molecule has 0 aromatic rings. The molecule has 11 unspecified atom stereocenters. The Bertz CT molecular complexity index is 967. The van der Waals surface area contributed by atoms with E-state index in [-0.39, 0.29) is 45.0 Å². The third-order valence-electron chi connectivity index (χ3n) is 14.0. The summed E-state index contributed by atoms with van der Waals surface area (Å²) in [4.78, 5) is 12.9. The molecule has 5 saturated carbocycles. The lowest BCUT2D eigenvalue weighted by Crippen LogP contribution is -2.66. The zero-order valence-corrected chi connectivity index (χ0v) is 22.2. The molecular formula is C30H46O4. The number of rotatable bonds is 1. The lowest BCUT2D eigenvalue weighted by atomic mass is 9.36. The van der Waals surface area contributed by atoms with E-state index in [1.54, 1.807) is 0 Å². The van der Waals surface area contributed by atoms with E-state index in [2.05, 4.69) is 46.8 Å². The Morgan fingerprint density at radius 1 is 0.941 bits per heavy atom. The molecule has 0 heterocycles. The van der Waals surface area contributed by atoms with Crippen LogP contribution in [-0.2, 0) is 4.79 Å². The highest BCUT2D eigenvalue weighted by molar-refractivity contribution is 5.77. The number of hydrogen-bond acceptors (Lipinski definition) is 3. The molecule has 34 heavy (non-hydrogen) atoms. The highest BCUT2D eigenvalue weighted by Crippen LogP contribution is 2.90. The number of allylic oxidation sites excluding steroid dienone is 2. The molecule has 0 bridgehead atoms. The van der Waals surface area contributed by atoms with Crippen molar-refractivity contribution in [2.45, 2.75) is 111 Å². The second kappa shape index (κ2) is 6.33. The molecule has 6 aliphatic rings. The van der Waals surface area contributed by atoms with Crippen molar-refractivity contribution in [3.63, 3.8) is 0 Å². The molecule has 6 aliphatic carbocycles. The first kappa shape index (κ1) is 23.5. The number of carbonyl (C=O) groups is 1. The minimum atomic E-state index is -0.968. The van der Waals surface area contributed by atoms with Gasteiger partial charge in [0.2, 0.25) is 0 Å². The van der Waals surface area contributed by atoms with Crippen molar-refractivity contribution in [3.8, 4) is 0 Å². The van der Waals surface area contributed by atoms with Gasteiger partial charge < -0.3 is 15.3 Å². The van der Waals surface area contributed by atoms with Crippen LogP contribution in [0.3, 0.4) is 0 Å². The molecule has 0 spiro atoms. The van der Waals surface area contributed by atoms with Crippen molar-refractivity contribution >= 4 is 5.97 Å². The van der Waals surface area contributed by atoms with Gasteiger partial charge in [-0.25, -0.2) is 0 Å². The van der Waals surface area contributed by atoms with E-state index in [1.165, 1.54) is 0 Å². The van der Waals surface area contributed by atoms with Crippen LogP contribution in [0, 0.1) is 56.2 Å². The summed E-state index contributed by atoms with van der Waals surface area (Å²) in [6.07, 6.45) is 13.1. The third-order valence-corrected chi connectivity index (χ3v) is 14.0. The van der Waals surface area contributed by atoms with E-state index >= 15 is 0 Å². The van der Waals surface area contributed by atoms with E-state index in [1.807, 2.05) is 6.92 Å². The number of aliphatic carboxylic acids is 1. The van der Waals surface area contributed by atoms with E-state index in [0.717, 1.165) is 44.9 Å². The second-order valence-corrected chi connectivity index (χ2v) is 15.1. The van der Waals surface area contributed by atoms with Crippen molar-refractivity contribution < 1.29 is 20.1 Å². The standard InChI is InChI=1S/C30H46O4/c1-18-7-13-28(23(32)33)15-16-30-17-29(30,22(28)27(18,6)34)14-9-20-25(4)11-10-21(31)24(2,3)19(25)8-12-26(20,30)5/h9,14,18-22,31,34H,7-8,10-13,15-17H2,1-6H3,(H,32,33). The highest BCUT2D eigenvalue weighted by atomic mass is 16.4. The summed E-state index contributed by atoms with van der Waals surface area (Å²) in [5.74, 6) is 0.159. The average molecular weight is 471 g/mol. The zero-order valence-electron chi connectivity index (χ0n) is 22.2. The molecule has 6 rings (SSSR count). The van der Waals surface area contributed by atoms with Crippen LogP contribution in [-0.4, -0.2) is 33.0 Å². The van der Waals surface area contributed by atoms with Crippen molar-refractivity contribution in [1.82, 2.24) is 0 Å². The summed E-state index contributed by atoms with van der Waals surface area (Å²) in [7, 11) is 0. The minimum absolute atomic E-state index is 0.0780. The normalized spacial score (nSPS) is 61.2. The molecule has 0 amide bonds. The maximum Gasteiger partial charge on any atom is 0.310 e. The first-order valence-electron chi connectivity index (χ1n) is 14.0. The maximum atomic E-state index is 12.9. The van der Waals surface area contributed by atoms with Gasteiger partial charge >= 0.3 is 5.97 Å². The molecule has 4 heteroatoms. The third kappa shape index (κ3) is 2.25. The number of hydrogen-bond donors (Lipinski definition) is 3. The van der Waals surface area contributed by atoms with Crippen molar-refractivity contribution in [2.75, 3.05) is 0 Å². The number of carboxylic acid groups (broad SMARTS) is 1. The predicted octanol–water partition coefficient (Wildman–Crippen LogP) is 5.81. The number of carboxylic acids is 1. The Labute approximate surface area is 205 Å². The Morgan fingerprint density at radius 3 is 2.32 bits per heavy atom. The Kier molecular flexibility index (Phi) is 4.38. The van der Waals surface area contributed by atoms with E-state index in [0.29, 0.717) is 24.7 Å². The molecule has 3 N–H and O–H groups in total. The van der Waals surface area contributed by atoms with Gasteiger partial charge in [0.15, 0.2) is 0 Å². The fourth-order valence-electron chi connectivity index (χ4n) is 12.0. The highest BCUT2D eigenvalue weighted by Gasteiger charge is 2.86. The molecule has 0 aromatic heterocycles. The fraction of sp³-hybridized carbons (Fsp3) is 0.900. The van der Waals surface area contributed by atoms with Crippen molar-refractivity contribution in [3.05, 3.63) is 12.2 Å². The van der Waals surface area contributed by atoms with E-state index in [9.17, 15) is 20.1 Å². The summed E-state index contributed by atoms with van der Waals surface area (Å²) in [6.45, 7) is 13.6. The lowest BCUT2D eigenvalue weighted by molar-refractivity contribution is -0.223. The Balaban J connectivity index is 1.49. The molecule has 0 saturated heterocycles. The maximum absolute atomic E-state index is 12.9. The van der Waals surface area contributed by atoms with Crippen LogP contribution in [0.15, 0.2) is 12.2 Å². The van der Waals surface area contributed by atoms with Crippen LogP contribution in [0.5, 0.6) is 0 Å². The summed E-state index contributed by atoms with van der Waals surface area (Å²) < 4.78 is 0. The van der Waals surface area contributed by atoms with Crippen LogP contribution in [0.25, 0.3) is 0 Å². The van der Waals surface area contributed by atoms with Gasteiger partial charge in [0.1, 0.15) is 0 Å². The molecule has 5 fully saturated rings. The van der Waals surface area contributed by atoms with Crippen LogP contribution in [0.4, 0.5) is 0 Å². The van der Waals surface area contributed by atoms with Gasteiger partial charge in [-0.05, 0) is 104 Å². The van der Waals surface area contributed by atoms with Gasteiger partial charge in [0.25, 0.3) is 0 Å². The van der Waals surface area contributed by atoms with E-state index in [4.69, 9.17) is 0 Å². The van der Waals surface area contributed by atoms with Gasteiger partial charge in [-0.15, -0.1) is 0 Å². The molecule has 190 valence electrons. The average Bonchev–Trinajstić information content (AvgIpc) is 3.45. The Hall–Kier alpha value is -0.870. The fourth-order valence-corrected chi connectivity index (χ4v) is 12.0. The van der Waals surface area contributed by atoms with Crippen molar-refractivity contribution in [2.24, 2.45) is 56.2 Å². The number of aliphatic hydroxyl groups is 2. The predicted molar refractivity (Wildman–Crippen MR) is 132 cm³/mol. The lowest BCUT2D eigenvalue weighted by Gasteiger charge is -2.68. The topological polar surface area (TPSA) is 77.8 Å². The summed E-state index contributed by atoms with van der Waals surface area (Å²) in [6, 6.07) is 0. The van der Waals surface area contributed by atoms with Gasteiger partial charge in [0, 0.05) is 11.3 Å².